The third kappa shape index (κ3) is 2.02. The minimum absolute atomic E-state index is 1.08. The standard InChI is InChI=1S/C14H17BrN2/c1-16-12(10-17-7-2-3-8-17)9-11-5-4-6-13(15)14(11)16/h4-6,9H,2-3,7-8,10H2,1H3. The fourth-order valence-electron chi connectivity index (χ4n) is 2.74. The number of aromatic nitrogens is 1. The monoisotopic (exact) mass is 292 g/mol. The van der Waals surface area contributed by atoms with Gasteiger partial charge in [0.25, 0.3) is 0 Å². The van der Waals surface area contributed by atoms with E-state index >= 15 is 0 Å². The van der Waals surface area contributed by atoms with Crippen LogP contribution in [0.5, 0.6) is 0 Å². The van der Waals surface area contributed by atoms with Crippen molar-refractivity contribution in [2.75, 3.05) is 13.1 Å². The van der Waals surface area contributed by atoms with Crippen LogP contribution in [0.4, 0.5) is 0 Å². The van der Waals surface area contributed by atoms with E-state index in [1.807, 2.05) is 0 Å². The molecule has 0 amide bonds. The zero-order chi connectivity index (χ0) is 11.8. The third-order valence-electron chi connectivity index (χ3n) is 3.69. The molecule has 2 aromatic rings. The number of rotatable bonds is 2. The fraction of sp³-hybridized carbons (Fsp3) is 0.429. The molecular formula is C14H17BrN2. The Bertz CT molecular complexity index is 538. The van der Waals surface area contributed by atoms with E-state index < -0.39 is 0 Å². The molecule has 1 aliphatic rings. The van der Waals surface area contributed by atoms with Crippen LogP contribution in [-0.2, 0) is 13.6 Å². The van der Waals surface area contributed by atoms with E-state index in [9.17, 15) is 0 Å². The van der Waals surface area contributed by atoms with E-state index in [2.05, 4.69) is 56.7 Å². The number of fused-ring (bicyclic) bond motifs is 1. The fourth-order valence-corrected chi connectivity index (χ4v) is 3.39. The van der Waals surface area contributed by atoms with Crippen molar-refractivity contribution in [1.82, 2.24) is 9.47 Å². The lowest BCUT2D eigenvalue weighted by Crippen LogP contribution is -2.19. The predicted molar refractivity (Wildman–Crippen MR) is 75.1 cm³/mol. The minimum Gasteiger partial charge on any atom is -0.345 e. The van der Waals surface area contributed by atoms with Gasteiger partial charge in [-0.05, 0) is 54.0 Å². The molecular weight excluding hydrogens is 276 g/mol. The Balaban J connectivity index is 1.99. The van der Waals surface area contributed by atoms with Crippen LogP contribution >= 0.6 is 15.9 Å². The van der Waals surface area contributed by atoms with Crippen molar-refractivity contribution in [2.45, 2.75) is 19.4 Å². The largest absolute Gasteiger partial charge is 0.345 e. The zero-order valence-electron chi connectivity index (χ0n) is 10.1. The van der Waals surface area contributed by atoms with Gasteiger partial charge in [-0.2, -0.15) is 0 Å². The summed E-state index contributed by atoms with van der Waals surface area (Å²) >= 11 is 3.64. The van der Waals surface area contributed by atoms with Crippen LogP contribution in [0.25, 0.3) is 10.9 Å². The van der Waals surface area contributed by atoms with E-state index in [-0.39, 0.29) is 0 Å². The summed E-state index contributed by atoms with van der Waals surface area (Å²) in [5.41, 5.74) is 2.72. The predicted octanol–water partition coefficient (Wildman–Crippen LogP) is 3.54. The average Bonchev–Trinajstić information content (AvgIpc) is 2.90. The van der Waals surface area contributed by atoms with Gasteiger partial charge in [-0.15, -0.1) is 0 Å². The minimum atomic E-state index is 1.08. The van der Waals surface area contributed by atoms with Crippen LogP contribution in [0.3, 0.4) is 0 Å². The SMILES string of the molecule is Cn1c(CN2CCCC2)cc2cccc(Br)c21. The zero-order valence-corrected chi connectivity index (χ0v) is 11.7. The summed E-state index contributed by atoms with van der Waals surface area (Å²) < 4.78 is 3.50. The lowest BCUT2D eigenvalue weighted by molar-refractivity contribution is 0.324. The lowest BCUT2D eigenvalue weighted by Gasteiger charge is -2.15. The Morgan fingerprint density at radius 1 is 1.24 bits per heavy atom. The number of halogens is 1. The second kappa shape index (κ2) is 4.46. The number of para-hydroxylation sites is 1. The van der Waals surface area contributed by atoms with Crippen molar-refractivity contribution >= 4 is 26.8 Å². The summed E-state index contributed by atoms with van der Waals surface area (Å²) in [5.74, 6) is 0. The molecule has 0 bridgehead atoms. The summed E-state index contributed by atoms with van der Waals surface area (Å²) in [7, 11) is 2.17. The second-order valence-electron chi connectivity index (χ2n) is 4.86. The van der Waals surface area contributed by atoms with E-state index in [0.29, 0.717) is 0 Å². The Kier molecular flexibility index (Phi) is 2.97. The van der Waals surface area contributed by atoms with Crippen LogP contribution < -0.4 is 0 Å². The first-order valence-corrected chi connectivity index (χ1v) is 7.00. The molecule has 2 heterocycles. The Morgan fingerprint density at radius 3 is 2.71 bits per heavy atom. The van der Waals surface area contributed by atoms with Gasteiger partial charge in [0.2, 0.25) is 0 Å². The normalized spacial score (nSPS) is 17.1. The topological polar surface area (TPSA) is 8.17 Å². The summed E-state index contributed by atoms with van der Waals surface area (Å²) in [4.78, 5) is 2.54. The maximum atomic E-state index is 3.64. The highest BCUT2D eigenvalue weighted by atomic mass is 79.9. The van der Waals surface area contributed by atoms with Crippen LogP contribution in [0.2, 0.25) is 0 Å². The van der Waals surface area contributed by atoms with Gasteiger partial charge in [0.05, 0.1) is 5.52 Å². The van der Waals surface area contributed by atoms with E-state index in [0.717, 1.165) is 6.54 Å². The van der Waals surface area contributed by atoms with Crippen LogP contribution in [-0.4, -0.2) is 22.6 Å². The number of hydrogen-bond donors (Lipinski definition) is 0. The molecule has 0 spiro atoms. The molecule has 0 unspecified atom stereocenters. The van der Waals surface area contributed by atoms with Crippen molar-refractivity contribution in [3.63, 3.8) is 0 Å². The van der Waals surface area contributed by atoms with Gasteiger partial charge in [-0.3, -0.25) is 4.90 Å². The first-order chi connectivity index (χ1) is 8.25. The van der Waals surface area contributed by atoms with Gasteiger partial charge < -0.3 is 4.57 Å². The number of nitrogens with zero attached hydrogens (tertiary/aromatic N) is 2. The van der Waals surface area contributed by atoms with E-state index in [4.69, 9.17) is 0 Å². The highest BCUT2D eigenvalue weighted by molar-refractivity contribution is 9.10. The molecule has 1 aromatic carbocycles. The highest BCUT2D eigenvalue weighted by Gasteiger charge is 2.15. The van der Waals surface area contributed by atoms with Crippen molar-refractivity contribution in [3.8, 4) is 0 Å². The first-order valence-electron chi connectivity index (χ1n) is 6.21. The summed E-state index contributed by atoms with van der Waals surface area (Å²) in [6, 6.07) is 8.72. The van der Waals surface area contributed by atoms with Crippen LogP contribution in [0.1, 0.15) is 18.5 Å². The average molecular weight is 293 g/mol. The van der Waals surface area contributed by atoms with Crippen molar-refractivity contribution in [1.29, 1.82) is 0 Å². The van der Waals surface area contributed by atoms with Crippen LogP contribution in [0.15, 0.2) is 28.7 Å². The van der Waals surface area contributed by atoms with E-state index in [1.165, 1.54) is 47.0 Å². The number of benzene rings is 1. The van der Waals surface area contributed by atoms with Crippen molar-refractivity contribution < 1.29 is 0 Å². The Hall–Kier alpha value is -0.800. The molecule has 1 aromatic heterocycles. The van der Waals surface area contributed by atoms with Gasteiger partial charge in [0.1, 0.15) is 0 Å². The molecule has 0 aliphatic carbocycles. The molecule has 3 rings (SSSR count). The summed E-state index contributed by atoms with van der Waals surface area (Å²) in [5, 5.41) is 1.33. The molecule has 0 atom stereocenters. The number of likely N-dealkylation sites (tertiary alicyclic amines) is 1. The third-order valence-corrected chi connectivity index (χ3v) is 4.33. The number of aryl methyl sites for hydroxylation is 1. The van der Waals surface area contributed by atoms with E-state index in [1.54, 1.807) is 0 Å². The second-order valence-corrected chi connectivity index (χ2v) is 5.71. The molecule has 1 aliphatic heterocycles. The molecule has 2 nitrogen and oxygen atoms in total. The summed E-state index contributed by atoms with van der Waals surface area (Å²) in [6.45, 7) is 3.59. The molecule has 3 heteroatoms. The van der Waals surface area contributed by atoms with Gasteiger partial charge in [-0.1, -0.05) is 12.1 Å². The van der Waals surface area contributed by atoms with Gasteiger partial charge in [0.15, 0.2) is 0 Å². The van der Waals surface area contributed by atoms with Crippen molar-refractivity contribution in [2.24, 2.45) is 7.05 Å². The quantitative estimate of drug-likeness (QED) is 0.822. The lowest BCUT2D eigenvalue weighted by atomic mass is 10.2. The first kappa shape index (κ1) is 11.3. The number of hydrogen-bond acceptors (Lipinski definition) is 1. The van der Waals surface area contributed by atoms with Gasteiger partial charge >= 0.3 is 0 Å². The molecule has 17 heavy (non-hydrogen) atoms. The van der Waals surface area contributed by atoms with Gasteiger partial charge in [-0.25, -0.2) is 0 Å². The molecule has 0 radical (unpaired) electrons. The van der Waals surface area contributed by atoms with Gasteiger partial charge in [0, 0.05) is 29.1 Å². The molecule has 90 valence electrons. The maximum Gasteiger partial charge on any atom is 0.0624 e. The Morgan fingerprint density at radius 2 is 2.00 bits per heavy atom. The molecule has 0 N–H and O–H groups in total. The maximum absolute atomic E-state index is 3.64. The smallest absolute Gasteiger partial charge is 0.0624 e. The van der Waals surface area contributed by atoms with Crippen molar-refractivity contribution in [3.05, 3.63) is 34.4 Å². The van der Waals surface area contributed by atoms with Crippen LogP contribution in [0, 0.1) is 0 Å². The Labute approximate surface area is 110 Å². The summed E-state index contributed by atoms with van der Waals surface area (Å²) in [6.07, 6.45) is 2.71. The molecule has 1 fully saturated rings. The highest BCUT2D eigenvalue weighted by Crippen LogP contribution is 2.27. The molecule has 0 saturated carbocycles. The molecule has 1 saturated heterocycles.